The Kier molecular flexibility index (Phi) is 8.88. The average Bonchev–Trinajstić information content (AvgIpc) is 3.07. The minimum absolute atomic E-state index is 0.00526. The summed E-state index contributed by atoms with van der Waals surface area (Å²) in [5.74, 6) is -0.299. The molecule has 1 saturated heterocycles. The van der Waals surface area contributed by atoms with Gasteiger partial charge >= 0.3 is 6.03 Å². The van der Waals surface area contributed by atoms with E-state index in [1.54, 1.807) is 11.8 Å². The zero-order valence-corrected chi connectivity index (χ0v) is 15.0. The Morgan fingerprint density at radius 3 is 2.65 bits per heavy atom. The molecule has 0 aromatic rings. The van der Waals surface area contributed by atoms with E-state index >= 15 is 0 Å². The molecule has 0 radical (unpaired) electrons. The average molecular weight is 368 g/mol. The number of hydrogen-bond acceptors (Lipinski definition) is 5. The van der Waals surface area contributed by atoms with Crippen molar-refractivity contribution in [3.63, 3.8) is 0 Å². The summed E-state index contributed by atoms with van der Waals surface area (Å²) in [5, 5.41) is 6.55. The van der Waals surface area contributed by atoms with Gasteiger partial charge in [-0.25, -0.2) is 10.2 Å². The SMILES string of the molecule is CCC(=O)N1CCC[C@H]1C(=O)N[C@H](C=NNC(N)=O)CCCN=C(N)N. The Labute approximate surface area is 152 Å². The van der Waals surface area contributed by atoms with Gasteiger partial charge in [0.15, 0.2) is 5.96 Å². The van der Waals surface area contributed by atoms with Crippen LogP contribution in [-0.4, -0.2) is 60.1 Å². The summed E-state index contributed by atoms with van der Waals surface area (Å²) in [6.45, 7) is 2.75. The first kappa shape index (κ1) is 21.2. The summed E-state index contributed by atoms with van der Waals surface area (Å²) in [6, 6.07) is -1.75. The number of guanidine groups is 1. The third-order valence-electron chi connectivity index (χ3n) is 3.90. The molecule has 146 valence electrons. The van der Waals surface area contributed by atoms with Gasteiger partial charge in [0.25, 0.3) is 0 Å². The van der Waals surface area contributed by atoms with Gasteiger partial charge in [-0.3, -0.25) is 14.6 Å². The lowest BCUT2D eigenvalue weighted by molar-refractivity contribution is -0.138. The molecule has 11 nitrogen and oxygen atoms in total. The Balaban J connectivity index is 2.68. The first-order chi connectivity index (χ1) is 12.3. The van der Waals surface area contributed by atoms with Crippen molar-refractivity contribution in [2.24, 2.45) is 27.3 Å². The van der Waals surface area contributed by atoms with Gasteiger partial charge in [-0.1, -0.05) is 6.92 Å². The lowest BCUT2D eigenvalue weighted by Gasteiger charge is -2.25. The predicted octanol–water partition coefficient (Wildman–Crippen LogP) is -1.42. The third kappa shape index (κ3) is 7.36. The summed E-state index contributed by atoms with van der Waals surface area (Å²) in [7, 11) is 0. The number of nitrogens with zero attached hydrogens (tertiary/aromatic N) is 3. The predicted molar refractivity (Wildman–Crippen MR) is 98.1 cm³/mol. The lowest BCUT2D eigenvalue weighted by Crippen LogP contribution is -2.49. The number of amides is 4. The number of hydrogen-bond donors (Lipinski definition) is 5. The molecule has 0 bridgehead atoms. The maximum atomic E-state index is 12.6. The van der Waals surface area contributed by atoms with E-state index in [2.05, 4.69) is 20.8 Å². The summed E-state index contributed by atoms with van der Waals surface area (Å²) in [6.07, 6.45) is 4.24. The molecule has 1 rings (SSSR count). The van der Waals surface area contributed by atoms with Crippen molar-refractivity contribution in [1.82, 2.24) is 15.6 Å². The Morgan fingerprint density at radius 2 is 2.04 bits per heavy atom. The van der Waals surface area contributed by atoms with E-state index in [1.807, 2.05) is 0 Å². The highest BCUT2D eigenvalue weighted by Crippen LogP contribution is 2.18. The molecule has 0 spiro atoms. The molecule has 11 heteroatoms. The first-order valence-electron chi connectivity index (χ1n) is 8.59. The number of nitrogens with one attached hydrogen (secondary N) is 2. The summed E-state index contributed by atoms with van der Waals surface area (Å²) < 4.78 is 0. The minimum atomic E-state index is -0.803. The largest absolute Gasteiger partial charge is 0.370 e. The van der Waals surface area contributed by atoms with Crippen LogP contribution in [0, 0.1) is 0 Å². The molecule has 0 aliphatic carbocycles. The Bertz CT molecular complexity index is 559. The van der Waals surface area contributed by atoms with E-state index in [0.717, 1.165) is 6.42 Å². The van der Waals surface area contributed by atoms with Crippen LogP contribution >= 0.6 is 0 Å². The molecule has 1 aliphatic heterocycles. The molecule has 1 aliphatic rings. The number of nitrogens with two attached hydrogens (primary N) is 3. The van der Waals surface area contributed by atoms with E-state index in [0.29, 0.717) is 38.8 Å². The van der Waals surface area contributed by atoms with Gasteiger partial charge < -0.3 is 27.4 Å². The molecule has 4 amide bonds. The zero-order chi connectivity index (χ0) is 19.5. The van der Waals surface area contributed by atoms with Crippen LogP contribution in [0.3, 0.4) is 0 Å². The number of primary amides is 1. The van der Waals surface area contributed by atoms with Crippen molar-refractivity contribution in [3.8, 4) is 0 Å². The normalized spacial score (nSPS) is 17.7. The van der Waals surface area contributed by atoms with Crippen LogP contribution in [0.5, 0.6) is 0 Å². The second kappa shape index (κ2) is 10.9. The fraction of sp³-hybridized carbons (Fsp3) is 0.667. The molecule has 1 heterocycles. The molecular formula is C15H28N8O3. The smallest absolute Gasteiger partial charge is 0.332 e. The number of carbonyl (C=O) groups excluding carboxylic acids is 3. The summed E-state index contributed by atoms with van der Waals surface area (Å²) in [5.41, 5.74) is 17.6. The highest BCUT2D eigenvalue weighted by Gasteiger charge is 2.33. The quantitative estimate of drug-likeness (QED) is 0.145. The molecule has 0 aromatic heterocycles. The second-order valence-corrected chi connectivity index (χ2v) is 5.92. The second-order valence-electron chi connectivity index (χ2n) is 5.92. The molecule has 2 atom stereocenters. The van der Waals surface area contributed by atoms with Gasteiger partial charge in [-0.15, -0.1) is 0 Å². The van der Waals surface area contributed by atoms with Crippen LogP contribution in [0.2, 0.25) is 0 Å². The monoisotopic (exact) mass is 368 g/mol. The van der Waals surface area contributed by atoms with Crippen LogP contribution in [0.1, 0.15) is 39.0 Å². The topological polar surface area (TPSA) is 181 Å². The van der Waals surface area contributed by atoms with Crippen molar-refractivity contribution in [1.29, 1.82) is 0 Å². The van der Waals surface area contributed by atoms with Crippen molar-refractivity contribution >= 4 is 30.0 Å². The molecule has 0 saturated carbocycles. The van der Waals surface area contributed by atoms with Crippen molar-refractivity contribution in [3.05, 3.63) is 0 Å². The Hall–Kier alpha value is -2.85. The maximum Gasteiger partial charge on any atom is 0.332 e. The van der Waals surface area contributed by atoms with Crippen LogP contribution in [0.15, 0.2) is 10.1 Å². The Morgan fingerprint density at radius 1 is 1.31 bits per heavy atom. The maximum absolute atomic E-state index is 12.6. The molecule has 8 N–H and O–H groups in total. The van der Waals surface area contributed by atoms with Gasteiger partial charge in [0.05, 0.1) is 6.04 Å². The number of likely N-dealkylation sites (tertiary alicyclic amines) is 1. The highest BCUT2D eigenvalue weighted by atomic mass is 16.2. The lowest BCUT2D eigenvalue weighted by atomic mass is 10.1. The highest BCUT2D eigenvalue weighted by molar-refractivity contribution is 5.90. The molecule has 1 fully saturated rings. The summed E-state index contributed by atoms with van der Waals surface area (Å²) in [4.78, 5) is 40.7. The van der Waals surface area contributed by atoms with Gasteiger partial charge in [-0.2, -0.15) is 5.10 Å². The van der Waals surface area contributed by atoms with E-state index in [9.17, 15) is 14.4 Å². The number of hydrazone groups is 1. The fourth-order valence-corrected chi connectivity index (χ4v) is 2.71. The van der Waals surface area contributed by atoms with Gasteiger partial charge in [0.1, 0.15) is 6.04 Å². The van der Waals surface area contributed by atoms with Crippen molar-refractivity contribution in [2.75, 3.05) is 13.1 Å². The first-order valence-corrected chi connectivity index (χ1v) is 8.59. The van der Waals surface area contributed by atoms with E-state index in [-0.39, 0.29) is 17.8 Å². The van der Waals surface area contributed by atoms with Crippen LogP contribution < -0.4 is 27.9 Å². The molecule has 26 heavy (non-hydrogen) atoms. The number of carbonyl (C=O) groups is 3. The molecular weight excluding hydrogens is 340 g/mol. The zero-order valence-electron chi connectivity index (χ0n) is 15.0. The summed E-state index contributed by atoms with van der Waals surface area (Å²) >= 11 is 0. The number of urea groups is 1. The van der Waals surface area contributed by atoms with Crippen LogP contribution in [0.25, 0.3) is 0 Å². The molecule has 0 aromatic carbocycles. The van der Waals surface area contributed by atoms with Crippen LogP contribution in [-0.2, 0) is 9.59 Å². The van der Waals surface area contributed by atoms with Gasteiger partial charge in [-0.05, 0) is 25.7 Å². The van der Waals surface area contributed by atoms with Gasteiger partial charge in [0, 0.05) is 25.7 Å². The van der Waals surface area contributed by atoms with Crippen molar-refractivity contribution < 1.29 is 14.4 Å². The van der Waals surface area contributed by atoms with E-state index < -0.39 is 18.1 Å². The third-order valence-corrected chi connectivity index (χ3v) is 3.90. The number of rotatable bonds is 9. The van der Waals surface area contributed by atoms with Crippen molar-refractivity contribution in [2.45, 2.75) is 51.1 Å². The van der Waals surface area contributed by atoms with Crippen LogP contribution in [0.4, 0.5) is 4.79 Å². The molecule has 0 unspecified atom stereocenters. The standard InChI is InChI=1S/C15H28N8O3/c1-2-12(24)23-8-4-6-11(23)13(25)21-10(9-20-22-15(18)26)5-3-7-19-14(16)17/h9-11H,2-8H2,1H3,(H,21,25)(H4,16,17,19)(H3,18,22,26)/t10-,11-/m0/s1. The number of aliphatic imine (C=N–C) groups is 1. The van der Waals surface area contributed by atoms with E-state index in [1.165, 1.54) is 6.21 Å². The van der Waals surface area contributed by atoms with Gasteiger partial charge in [0.2, 0.25) is 11.8 Å². The van der Waals surface area contributed by atoms with E-state index in [4.69, 9.17) is 17.2 Å². The fourth-order valence-electron chi connectivity index (χ4n) is 2.71. The minimum Gasteiger partial charge on any atom is -0.370 e.